The molecule has 264 valence electrons. The van der Waals surface area contributed by atoms with E-state index in [4.69, 9.17) is 15.0 Å². The van der Waals surface area contributed by atoms with Crippen molar-refractivity contribution in [2.75, 3.05) is 0 Å². The Hall–Kier alpha value is -7.17. The van der Waals surface area contributed by atoms with Gasteiger partial charge in [0.05, 0.1) is 11.0 Å². The Morgan fingerprint density at radius 3 is 1.73 bits per heavy atom. The Morgan fingerprint density at radius 2 is 0.982 bits per heavy atom. The van der Waals surface area contributed by atoms with Gasteiger partial charge < -0.3 is 0 Å². The van der Waals surface area contributed by atoms with Crippen LogP contribution < -0.4 is 0 Å². The van der Waals surface area contributed by atoms with E-state index < -0.39 is 0 Å². The Labute approximate surface area is 325 Å². The first-order valence-electron chi connectivity index (χ1n) is 19.2. The molecule has 0 bridgehead atoms. The summed E-state index contributed by atoms with van der Waals surface area (Å²) >= 11 is 0. The minimum Gasteiger partial charge on any atom is -0.278 e. The second kappa shape index (κ2) is 12.4. The molecule has 4 heteroatoms. The fourth-order valence-corrected chi connectivity index (χ4v) is 8.84. The number of hydrogen-bond donors (Lipinski definition) is 0. The summed E-state index contributed by atoms with van der Waals surface area (Å²) in [6.45, 7) is 4.68. The average Bonchev–Trinajstić information content (AvgIpc) is 3.72. The van der Waals surface area contributed by atoms with E-state index in [1.807, 2.05) is 36.4 Å². The summed E-state index contributed by atoms with van der Waals surface area (Å²) < 4.78 is 2.23. The third-order valence-electron chi connectivity index (χ3n) is 11.7. The molecule has 2 aromatic heterocycles. The lowest BCUT2D eigenvalue weighted by Crippen LogP contribution is -2.14. The third kappa shape index (κ3) is 5.03. The summed E-state index contributed by atoms with van der Waals surface area (Å²) in [7, 11) is 0. The van der Waals surface area contributed by atoms with Gasteiger partial charge >= 0.3 is 0 Å². The minimum absolute atomic E-state index is 0.0576. The van der Waals surface area contributed by atoms with E-state index in [2.05, 4.69) is 164 Å². The normalized spacial score (nSPS) is 13.0. The van der Waals surface area contributed by atoms with Crippen molar-refractivity contribution in [1.82, 2.24) is 19.5 Å². The van der Waals surface area contributed by atoms with Crippen LogP contribution >= 0.6 is 0 Å². The summed E-state index contributed by atoms with van der Waals surface area (Å²) in [4.78, 5) is 15.4. The zero-order valence-corrected chi connectivity index (χ0v) is 31.1. The van der Waals surface area contributed by atoms with E-state index in [1.165, 1.54) is 49.5 Å². The summed E-state index contributed by atoms with van der Waals surface area (Å²) in [6, 6.07) is 65.0. The number of aromatic nitrogens is 4. The van der Waals surface area contributed by atoms with Gasteiger partial charge in [-0.25, -0.2) is 4.98 Å². The first-order valence-corrected chi connectivity index (χ1v) is 19.2. The second-order valence-corrected chi connectivity index (χ2v) is 15.3. The summed E-state index contributed by atoms with van der Waals surface area (Å²) in [5, 5.41) is 4.73. The molecule has 1 aliphatic carbocycles. The van der Waals surface area contributed by atoms with Gasteiger partial charge in [-0.2, -0.15) is 9.97 Å². The lowest BCUT2D eigenvalue weighted by molar-refractivity contribution is 0.660. The zero-order valence-electron chi connectivity index (χ0n) is 31.1. The van der Waals surface area contributed by atoms with Crippen LogP contribution in [0.15, 0.2) is 182 Å². The molecule has 11 rings (SSSR count). The predicted molar refractivity (Wildman–Crippen MR) is 231 cm³/mol. The van der Waals surface area contributed by atoms with Crippen LogP contribution in [0.25, 0.3) is 94.7 Å². The van der Waals surface area contributed by atoms with E-state index in [1.54, 1.807) is 0 Å². The number of rotatable bonds is 5. The summed E-state index contributed by atoms with van der Waals surface area (Å²) in [6.07, 6.45) is 0. The van der Waals surface area contributed by atoms with Crippen LogP contribution in [0.4, 0.5) is 0 Å². The molecule has 0 amide bonds. The molecule has 0 aliphatic heterocycles. The van der Waals surface area contributed by atoms with Crippen molar-refractivity contribution in [2.24, 2.45) is 0 Å². The smallest absolute Gasteiger partial charge is 0.238 e. The van der Waals surface area contributed by atoms with Gasteiger partial charge in [-0.1, -0.05) is 172 Å². The first-order chi connectivity index (χ1) is 27.5. The highest BCUT2D eigenvalue weighted by atomic mass is 15.2. The highest BCUT2D eigenvalue weighted by Gasteiger charge is 2.35. The highest BCUT2D eigenvalue weighted by Crippen LogP contribution is 2.49. The van der Waals surface area contributed by atoms with Crippen LogP contribution in [0.1, 0.15) is 25.0 Å². The van der Waals surface area contributed by atoms with Crippen molar-refractivity contribution < 1.29 is 0 Å². The van der Waals surface area contributed by atoms with Gasteiger partial charge in [-0.15, -0.1) is 0 Å². The SMILES string of the molecule is CC1(C)c2ccccc2-c2ccc(-c3cccc(-c4ccc5c6c7ccccc7ccc6n(-c6nc(-c7ccccc7)nc(-c7ccccc7)n6)c5c4)c3)cc21. The first kappa shape index (κ1) is 32.3. The fourth-order valence-electron chi connectivity index (χ4n) is 8.84. The molecule has 2 heterocycles. The monoisotopic (exact) mass is 716 g/mol. The van der Waals surface area contributed by atoms with Crippen molar-refractivity contribution >= 4 is 32.6 Å². The topological polar surface area (TPSA) is 43.6 Å². The fraction of sp³-hybridized carbons (Fsp3) is 0.0577. The van der Waals surface area contributed by atoms with Gasteiger partial charge in [0.2, 0.25) is 5.95 Å². The standard InChI is InChI=1S/C52H36N4/c1-52(2)44-23-12-11-22-41(44)42-27-24-38(31-45(42)52)36-19-13-20-37(30-36)39-25-28-43-47(32-39)56(46-29-26-33-14-9-10-21-40(33)48(43)46)51-54-49(34-15-5-3-6-16-34)53-50(55-51)35-17-7-4-8-18-35/h3-32H,1-2H3. The quantitative estimate of drug-likeness (QED) is 0.178. The van der Waals surface area contributed by atoms with Crippen LogP contribution in [0.3, 0.4) is 0 Å². The Kier molecular flexibility index (Phi) is 7.17. The third-order valence-corrected chi connectivity index (χ3v) is 11.7. The van der Waals surface area contributed by atoms with Gasteiger partial charge in [0.25, 0.3) is 0 Å². The second-order valence-electron chi connectivity index (χ2n) is 15.3. The van der Waals surface area contributed by atoms with Gasteiger partial charge in [0.15, 0.2) is 11.6 Å². The largest absolute Gasteiger partial charge is 0.278 e. The van der Waals surface area contributed by atoms with Crippen molar-refractivity contribution in [3.05, 3.63) is 193 Å². The van der Waals surface area contributed by atoms with Crippen molar-refractivity contribution in [1.29, 1.82) is 0 Å². The van der Waals surface area contributed by atoms with Crippen LogP contribution in [0.5, 0.6) is 0 Å². The summed E-state index contributed by atoms with van der Waals surface area (Å²) in [5.74, 6) is 1.85. The molecular weight excluding hydrogens is 681 g/mol. The zero-order chi connectivity index (χ0) is 37.4. The van der Waals surface area contributed by atoms with Gasteiger partial charge in [-0.3, -0.25) is 4.57 Å². The molecule has 0 N–H and O–H groups in total. The predicted octanol–water partition coefficient (Wildman–Crippen LogP) is 13.1. The number of fused-ring (bicyclic) bond motifs is 8. The maximum absolute atomic E-state index is 5.20. The van der Waals surface area contributed by atoms with E-state index >= 15 is 0 Å². The van der Waals surface area contributed by atoms with E-state index in [9.17, 15) is 0 Å². The molecule has 1 aliphatic rings. The van der Waals surface area contributed by atoms with Gasteiger partial charge in [-0.05, 0) is 79.5 Å². The van der Waals surface area contributed by atoms with Crippen LogP contribution in [0, 0.1) is 0 Å². The maximum atomic E-state index is 5.20. The molecule has 0 fully saturated rings. The molecule has 8 aromatic carbocycles. The van der Waals surface area contributed by atoms with Crippen LogP contribution in [-0.2, 0) is 5.41 Å². The number of hydrogen-bond acceptors (Lipinski definition) is 3. The lowest BCUT2D eigenvalue weighted by Gasteiger charge is -2.22. The number of benzene rings is 8. The van der Waals surface area contributed by atoms with E-state index in [0.717, 1.165) is 38.7 Å². The molecule has 10 aromatic rings. The molecule has 0 spiro atoms. The minimum atomic E-state index is -0.0576. The van der Waals surface area contributed by atoms with Crippen LogP contribution in [-0.4, -0.2) is 19.5 Å². The molecule has 0 atom stereocenters. The van der Waals surface area contributed by atoms with Crippen molar-refractivity contribution in [3.8, 4) is 62.1 Å². The average molecular weight is 717 g/mol. The van der Waals surface area contributed by atoms with Crippen LogP contribution in [0.2, 0.25) is 0 Å². The van der Waals surface area contributed by atoms with Crippen molar-refractivity contribution in [3.63, 3.8) is 0 Å². The molecule has 0 saturated heterocycles. The Bertz CT molecular complexity index is 3100. The molecule has 0 saturated carbocycles. The highest BCUT2D eigenvalue weighted by molar-refractivity contribution is 6.21. The van der Waals surface area contributed by atoms with Crippen molar-refractivity contribution in [2.45, 2.75) is 19.3 Å². The van der Waals surface area contributed by atoms with E-state index in [0.29, 0.717) is 17.6 Å². The summed E-state index contributed by atoms with van der Waals surface area (Å²) in [5.41, 5.74) is 14.1. The maximum Gasteiger partial charge on any atom is 0.238 e. The Balaban J connectivity index is 1.11. The molecule has 0 radical (unpaired) electrons. The Morgan fingerprint density at radius 1 is 0.393 bits per heavy atom. The molecular formula is C52H36N4. The molecule has 4 nitrogen and oxygen atoms in total. The lowest BCUT2D eigenvalue weighted by atomic mass is 9.81. The van der Waals surface area contributed by atoms with Gasteiger partial charge in [0.1, 0.15) is 0 Å². The van der Waals surface area contributed by atoms with E-state index in [-0.39, 0.29) is 5.41 Å². The number of nitrogens with zero attached hydrogens (tertiary/aromatic N) is 4. The molecule has 56 heavy (non-hydrogen) atoms. The molecule has 0 unspecified atom stereocenters. The van der Waals surface area contributed by atoms with Gasteiger partial charge in [0, 0.05) is 27.3 Å².